The Morgan fingerprint density at radius 1 is 1.06 bits per heavy atom. The third-order valence-corrected chi connectivity index (χ3v) is 5.11. The number of ether oxygens (including phenoxy) is 1. The Balaban J connectivity index is 1.74. The van der Waals surface area contributed by atoms with Gasteiger partial charge in [-0.25, -0.2) is 9.69 Å². The highest BCUT2D eigenvalue weighted by Crippen LogP contribution is 2.27. The van der Waals surface area contributed by atoms with Crippen molar-refractivity contribution >= 4 is 29.2 Å². The highest BCUT2D eigenvalue weighted by Gasteiger charge is 2.46. The first kappa shape index (κ1) is 22.3. The van der Waals surface area contributed by atoms with Gasteiger partial charge in [0.15, 0.2) is 0 Å². The number of hydrogen-bond acceptors (Lipinski definition) is 4. The molecule has 1 atom stereocenters. The molecule has 2 aromatic carbocycles. The van der Waals surface area contributed by atoms with Gasteiger partial charge in [0.1, 0.15) is 11.8 Å². The highest BCUT2D eigenvalue weighted by molar-refractivity contribution is 6.22. The predicted molar refractivity (Wildman–Crippen MR) is 120 cm³/mol. The Hall–Kier alpha value is -3.35. The zero-order valence-corrected chi connectivity index (χ0v) is 18.2. The summed E-state index contributed by atoms with van der Waals surface area (Å²) in [5.41, 5.74) is 1.13. The van der Waals surface area contributed by atoms with Crippen LogP contribution in [0.2, 0.25) is 0 Å². The van der Waals surface area contributed by atoms with Crippen molar-refractivity contribution in [3.63, 3.8) is 0 Å². The molecule has 0 saturated carbocycles. The lowest BCUT2D eigenvalue weighted by atomic mass is 10.1. The van der Waals surface area contributed by atoms with Crippen molar-refractivity contribution in [3.8, 4) is 5.75 Å². The Kier molecular flexibility index (Phi) is 7.28. The summed E-state index contributed by atoms with van der Waals surface area (Å²) in [4.78, 5) is 41.6. The molecule has 1 fully saturated rings. The molecular weight excluding hydrogens is 394 g/mol. The van der Waals surface area contributed by atoms with E-state index in [-0.39, 0.29) is 24.3 Å². The number of imide groups is 1. The van der Waals surface area contributed by atoms with E-state index in [1.807, 2.05) is 13.0 Å². The van der Waals surface area contributed by atoms with Gasteiger partial charge in [0.2, 0.25) is 5.91 Å². The zero-order valence-electron chi connectivity index (χ0n) is 18.2. The first-order chi connectivity index (χ1) is 14.9. The van der Waals surface area contributed by atoms with Crippen LogP contribution in [0, 0.1) is 5.92 Å². The summed E-state index contributed by atoms with van der Waals surface area (Å²) in [7, 11) is 0. The maximum absolute atomic E-state index is 13.1. The van der Waals surface area contributed by atoms with E-state index in [2.05, 4.69) is 19.2 Å². The summed E-state index contributed by atoms with van der Waals surface area (Å²) in [5, 5.41) is 2.81. The van der Waals surface area contributed by atoms with E-state index in [1.165, 1.54) is 9.80 Å². The monoisotopic (exact) mass is 423 g/mol. The van der Waals surface area contributed by atoms with Crippen molar-refractivity contribution in [1.82, 2.24) is 4.90 Å². The molecule has 3 rings (SSSR count). The lowest BCUT2D eigenvalue weighted by molar-refractivity contribution is -0.124. The van der Waals surface area contributed by atoms with Crippen LogP contribution >= 0.6 is 0 Å². The molecule has 31 heavy (non-hydrogen) atoms. The predicted octanol–water partition coefficient (Wildman–Crippen LogP) is 4.30. The summed E-state index contributed by atoms with van der Waals surface area (Å²) >= 11 is 0. The van der Waals surface area contributed by atoms with Crippen molar-refractivity contribution in [2.24, 2.45) is 5.92 Å². The Morgan fingerprint density at radius 3 is 2.35 bits per heavy atom. The van der Waals surface area contributed by atoms with E-state index in [0.29, 0.717) is 30.4 Å². The molecule has 7 nitrogen and oxygen atoms in total. The Morgan fingerprint density at radius 2 is 1.74 bits per heavy atom. The van der Waals surface area contributed by atoms with Gasteiger partial charge >= 0.3 is 6.03 Å². The zero-order chi connectivity index (χ0) is 22.4. The minimum atomic E-state index is -0.825. The van der Waals surface area contributed by atoms with Gasteiger partial charge in [-0.15, -0.1) is 0 Å². The molecule has 0 bridgehead atoms. The summed E-state index contributed by atoms with van der Waals surface area (Å²) in [6.07, 6.45) is 0.651. The van der Waals surface area contributed by atoms with Gasteiger partial charge in [0, 0.05) is 12.2 Å². The topological polar surface area (TPSA) is 79.0 Å². The van der Waals surface area contributed by atoms with Crippen LogP contribution in [0.15, 0.2) is 54.6 Å². The molecule has 0 aromatic heterocycles. The first-order valence-electron chi connectivity index (χ1n) is 10.6. The van der Waals surface area contributed by atoms with Crippen LogP contribution in [0.25, 0.3) is 0 Å². The number of amides is 4. The van der Waals surface area contributed by atoms with Crippen LogP contribution in [-0.4, -0.2) is 41.9 Å². The lowest BCUT2D eigenvalue weighted by Crippen LogP contribution is -2.39. The minimum absolute atomic E-state index is 0.0980. The summed E-state index contributed by atoms with van der Waals surface area (Å²) in [6, 6.07) is 14.7. The normalized spacial score (nSPS) is 16.2. The third-order valence-electron chi connectivity index (χ3n) is 5.11. The molecule has 7 heteroatoms. The number of hydrogen-bond donors (Lipinski definition) is 1. The van der Waals surface area contributed by atoms with Crippen LogP contribution in [0.3, 0.4) is 0 Å². The van der Waals surface area contributed by atoms with Gasteiger partial charge in [-0.05, 0) is 55.7 Å². The average Bonchev–Trinajstić information content (AvgIpc) is 2.97. The third kappa shape index (κ3) is 5.42. The van der Waals surface area contributed by atoms with E-state index >= 15 is 0 Å². The van der Waals surface area contributed by atoms with E-state index in [0.717, 1.165) is 12.2 Å². The molecule has 1 N–H and O–H groups in total. The SMILES string of the molecule is CCOc1ccc(NC(=O)C[C@@H]2C(=O)N(c3ccccc3)C(=O)N2CCC(C)C)cc1. The van der Waals surface area contributed by atoms with Crippen LogP contribution in [0.4, 0.5) is 16.2 Å². The molecule has 164 valence electrons. The molecule has 1 aliphatic heterocycles. The van der Waals surface area contributed by atoms with Gasteiger partial charge in [0.25, 0.3) is 5.91 Å². The molecule has 1 aliphatic rings. The minimum Gasteiger partial charge on any atom is -0.494 e. The number of carbonyl (C=O) groups is 3. The van der Waals surface area contributed by atoms with Gasteiger partial charge < -0.3 is 15.0 Å². The number of benzene rings is 2. The van der Waals surface area contributed by atoms with Crippen LogP contribution in [0.1, 0.15) is 33.6 Å². The molecule has 2 aromatic rings. The fourth-order valence-corrected chi connectivity index (χ4v) is 3.49. The molecule has 1 heterocycles. The molecule has 4 amide bonds. The number of para-hydroxylation sites is 1. The van der Waals surface area contributed by atoms with E-state index < -0.39 is 6.04 Å². The van der Waals surface area contributed by atoms with Gasteiger partial charge in [-0.3, -0.25) is 9.59 Å². The number of carbonyl (C=O) groups excluding carboxylic acids is 3. The quantitative estimate of drug-likeness (QED) is 0.610. The summed E-state index contributed by atoms with van der Waals surface area (Å²) in [6.45, 7) is 7.01. The molecular formula is C24H29N3O4. The molecule has 0 spiro atoms. The van der Waals surface area contributed by atoms with Crippen LogP contribution < -0.4 is 15.0 Å². The first-order valence-corrected chi connectivity index (χ1v) is 10.6. The van der Waals surface area contributed by atoms with Crippen molar-refractivity contribution in [2.75, 3.05) is 23.4 Å². The van der Waals surface area contributed by atoms with Crippen molar-refractivity contribution in [3.05, 3.63) is 54.6 Å². The molecule has 1 saturated heterocycles. The van der Waals surface area contributed by atoms with Crippen LogP contribution in [-0.2, 0) is 9.59 Å². The number of nitrogens with zero attached hydrogens (tertiary/aromatic N) is 2. The largest absolute Gasteiger partial charge is 0.494 e. The van der Waals surface area contributed by atoms with E-state index in [1.54, 1.807) is 48.5 Å². The average molecular weight is 424 g/mol. The van der Waals surface area contributed by atoms with Crippen molar-refractivity contribution < 1.29 is 19.1 Å². The number of nitrogens with one attached hydrogen (secondary N) is 1. The Labute approximate surface area is 183 Å². The maximum atomic E-state index is 13.1. The Bertz CT molecular complexity index is 912. The number of rotatable bonds is 9. The maximum Gasteiger partial charge on any atom is 0.332 e. The van der Waals surface area contributed by atoms with E-state index in [9.17, 15) is 14.4 Å². The standard InChI is InChI=1S/C24H29N3O4/c1-4-31-20-12-10-18(11-13-20)25-22(28)16-21-23(29)27(19-8-6-5-7-9-19)24(30)26(21)15-14-17(2)3/h5-13,17,21H,4,14-16H2,1-3H3,(H,25,28)/t21-/m1/s1. The molecule has 0 unspecified atom stereocenters. The number of urea groups is 1. The van der Waals surface area contributed by atoms with Gasteiger partial charge in [-0.1, -0.05) is 32.0 Å². The second-order valence-electron chi connectivity index (χ2n) is 7.89. The smallest absolute Gasteiger partial charge is 0.332 e. The van der Waals surface area contributed by atoms with Crippen molar-refractivity contribution in [1.29, 1.82) is 0 Å². The van der Waals surface area contributed by atoms with Crippen LogP contribution in [0.5, 0.6) is 5.75 Å². The lowest BCUT2D eigenvalue weighted by Gasteiger charge is -2.22. The fourth-order valence-electron chi connectivity index (χ4n) is 3.49. The second-order valence-corrected chi connectivity index (χ2v) is 7.89. The fraction of sp³-hybridized carbons (Fsp3) is 0.375. The summed E-state index contributed by atoms with van der Waals surface area (Å²) < 4.78 is 5.41. The summed E-state index contributed by atoms with van der Waals surface area (Å²) in [5.74, 6) is 0.393. The van der Waals surface area contributed by atoms with Crippen molar-refractivity contribution in [2.45, 2.75) is 39.7 Å². The number of anilines is 2. The van der Waals surface area contributed by atoms with E-state index in [4.69, 9.17) is 4.74 Å². The molecule has 0 aliphatic carbocycles. The highest BCUT2D eigenvalue weighted by atomic mass is 16.5. The van der Waals surface area contributed by atoms with Gasteiger partial charge in [-0.2, -0.15) is 0 Å². The molecule has 0 radical (unpaired) electrons. The second kappa shape index (κ2) is 10.1. The van der Waals surface area contributed by atoms with Gasteiger partial charge in [0.05, 0.1) is 18.7 Å².